The second-order valence-electron chi connectivity index (χ2n) is 7.68. The number of carbonyl (C=O) groups is 3. The minimum absolute atomic E-state index is 0.0208. The number of imide groups is 1. The molecule has 7 nitrogen and oxygen atoms in total. The number of halogens is 2. The summed E-state index contributed by atoms with van der Waals surface area (Å²) in [6, 6.07) is 3.32. The molecule has 3 rings (SSSR count). The molecule has 152 valence electrons. The van der Waals surface area contributed by atoms with E-state index in [1.807, 2.05) is 24.0 Å². The molecular weight excluding hydrogens is 403 g/mol. The number of urea groups is 1. The zero-order chi connectivity index (χ0) is 20.6. The topological polar surface area (TPSA) is 81.8 Å². The molecule has 2 N–H and O–H groups in total. The molecule has 1 aromatic rings. The summed E-state index contributed by atoms with van der Waals surface area (Å²) in [4.78, 5) is 39.9. The van der Waals surface area contributed by atoms with Crippen molar-refractivity contribution in [3.05, 3.63) is 27.7 Å². The number of nitrogens with zero attached hydrogens (tertiary/aromatic N) is 2. The SMILES string of the molecule is Cc1cc(Cl)c(Cl)cc1N1CCN(C(=O)CCC2(C)NC(=O)NC2=O)C[C@@H]1C. The van der Waals surface area contributed by atoms with Gasteiger partial charge in [0.05, 0.1) is 10.0 Å². The van der Waals surface area contributed by atoms with E-state index in [0.717, 1.165) is 11.3 Å². The summed E-state index contributed by atoms with van der Waals surface area (Å²) in [6.07, 6.45) is 0.465. The van der Waals surface area contributed by atoms with Gasteiger partial charge in [-0.2, -0.15) is 0 Å². The molecule has 4 amide bonds. The largest absolute Gasteiger partial charge is 0.365 e. The van der Waals surface area contributed by atoms with E-state index in [-0.39, 0.29) is 24.8 Å². The average Bonchev–Trinajstić information content (AvgIpc) is 2.88. The number of nitrogens with one attached hydrogen (secondary N) is 2. The monoisotopic (exact) mass is 426 g/mol. The molecule has 2 saturated heterocycles. The van der Waals surface area contributed by atoms with E-state index >= 15 is 0 Å². The van der Waals surface area contributed by atoms with Crippen molar-refractivity contribution >= 4 is 46.7 Å². The van der Waals surface area contributed by atoms with Crippen LogP contribution in [0.15, 0.2) is 12.1 Å². The van der Waals surface area contributed by atoms with Gasteiger partial charge in [0.15, 0.2) is 0 Å². The van der Waals surface area contributed by atoms with Gasteiger partial charge in [0, 0.05) is 37.8 Å². The number of aryl methyl sites for hydroxylation is 1. The molecule has 0 aliphatic carbocycles. The highest BCUT2D eigenvalue weighted by Crippen LogP contribution is 2.33. The van der Waals surface area contributed by atoms with Crippen LogP contribution in [0.25, 0.3) is 0 Å². The molecule has 2 fully saturated rings. The van der Waals surface area contributed by atoms with Crippen LogP contribution in [0, 0.1) is 6.92 Å². The van der Waals surface area contributed by atoms with Crippen LogP contribution in [0.3, 0.4) is 0 Å². The molecule has 0 spiro atoms. The lowest BCUT2D eigenvalue weighted by atomic mass is 9.95. The van der Waals surface area contributed by atoms with Crippen LogP contribution < -0.4 is 15.5 Å². The van der Waals surface area contributed by atoms with Crippen molar-refractivity contribution in [3.8, 4) is 0 Å². The van der Waals surface area contributed by atoms with E-state index in [0.29, 0.717) is 29.7 Å². The average molecular weight is 427 g/mol. The molecule has 0 bridgehead atoms. The first-order valence-electron chi connectivity index (χ1n) is 9.24. The van der Waals surface area contributed by atoms with Crippen LogP contribution in [0.1, 0.15) is 32.3 Å². The van der Waals surface area contributed by atoms with Crippen molar-refractivity contribution < 1.29 is 14.4 Å². The molecule has 0 saturated carbocycles. The van der Waals surface area contributed by atoms with Crippen LogP contribution in [0.2, 0.25) is 10.0 Å². The van der Waals surface area contributed by atoms with Crippen LogP contribution >= 0.6 is 23.2 Å². The third-order valence-electron chi connectivity index (χ3n) is 5.48. The standard InChI is InChI=1S/C19H24Cl2N4O3/c1-11-8-13(20)14(21)9-15(11)25-7-6-24(10-12(25)2)16(26)4-5-19(3)17(27)22-18(28)23-19/h8-9,12H,4-7,10H2,1-3H3,(H2,22,23,27,28)/t12-,19?/m0/s1. The van der Waals surface area contributed by atoms with Crippen LogP contribution in [-0.2, 0) is 9.59 Å². The maximum atomic E-state index is 12.7. The highest BCUT2D eigenvalue weighted by Gasteiger charge is 2.42. The second-order valence-corrected chi connectivity index (χ2v) is 8.49. The van der Waals surface area contributed by atoms with E-state index in [1.165, 1.54) is 0 Å². The van der Waals surface area contributed by atoms with Crippen molar-refractivity contribution in [3.63, 3.8) is 0 Å². The van der Waals surface area contributed by atoms with E-state index in [1.54, 1.807) is 6.92 Å². The van der Waals surface area contributed by atoms with Crippen molar-refractivity contribution in [1.82, 2.24) is 15.5 Å². The summed E-state index contributed by atoms with van der Waals surface area (Å²) < 4.78 is 0. The first-order valence-corrected chi connectivity index (χ1v) is 10.00. The zero-order valence-corrected chi connectivity index (χ0v) is 17.7. The van der Waals surface area contributed by atoms with Crippen LogP contribution in [-0.4, -0.2) is 54.0 Å². The number of hydrogen-bond acceptors (Lipinski definition) is 4. The van der Waals surface area contributed by atoms with E-state index in [2.05, 4.69) is 22.5 Å². The van der Waals surface area contributed by atoms with Gasteiger partial charge in [-0.3, -0.25) is 14.9 Å². The molecule has 2 aliphatic rings. The third kappa shape index (κ3) is 4.05. The summed E-state index contributed by atoms with van der Waals surface area (Å²) in [5.41, 5.74) is 1.03. The van der Waals surface area contributed by atoms with Gasteiger partial charge >= 0.3 is 6.03 Å². The predicted molar refractivity (Wildman–Crippen MR) is 109 cm³/mol. The zero-order valence-electron chi connectivity index (χ0n) is 16.1. The smallest absolute Gasteiger partial charge is 0.322 e. The Bertz CT molecular complexity index is 832. The molecule has 2 heterocycles. The Morgan fingerprint density at radius 2 is 1.93 bits per heavy atom. The van der Waals surface area contributed by atoms with Gasteiger partial charge in [0.25, 0.3) is 5.91 Å². The summed E-state index contributed by atoms with van der Waals surface area (Å²) in [6.45, 7) is 7.52. The molecule has 0 radical (unpaired) electrons. The van der Waals surface area contributed by atoms with Gasteiger partial charge in [-0.15, -0.1) is 0 Å². The fourth-order valence-electron chi connectivity index (χ4n) is 3.76. The lowest BCUT2D eigenvalue weighted by Crippen LogP contribution is -2.54. The van der Waals surface area contributed by atoms with E-state index in [9.17, 15) is 14.4 Å². The highest BCUT2D eigenvalue weighted by molar-refractivity contribution is 6.42. The van der Waals surface area contributed by atoms with Crippen LogP contribution in [0.5, 0.6) is 0 Å². The highest BCUT2D eigenvalue weighted by atomic mass is 35.5. The first-order chi connectivity index (χ1) is 13.1. The number of hydrogen-bond donors (Lipinski definition) is 2. The predicted octanol–water partition coefficient (Wildman–Crippen LogP) is 2.72. The first kappa shape index (κ1) is 20.7. The third-order valence-corrected chi connectivity index (χ3v) is 6.21. The Morgan fingerprint density at radius 3 is 2.54 bits per heavy atom. The van der Waals surface area contributed by atoms with Crippen LogP contribution in [0.4, 0.5) is 10.5 Å². The minimum Gasteiger partial charge on any atom is -0.365 e. The van der Waals surface area contributed by atoms with Gasteiger partial charge in [-0.1, -0.05) is 23.2 Å². The quantitative estimate of drug-likeness (QED) is 0.725. The molecule has 0 aromatic heterocycles. The molecule has 2 aliphatic heterocycles. The van der Waals surface area contributed by atoms with Gasteiger partial charge < -0.3 is 15.1 Å². The molecule has 1 unspecified atom stereocenters. The molecule has 28 heavy (non-hydrogen) atoms. The molecule has 1 aromatic carbocycles. The second kappa shape index (κ2) is 7.79. The normalized spacial score (nSPS) is 25.0. The number of piperazine rings is 1. The van der Waals surface area contributed by atoms with E-state index in [4.69, 9.17) is 23.2 Å². The van der Waals surface area contributed by atoms with E-state index < -0.39 is 17.5 Å². The number of amides is 4. The van der Waals surface area contributed by atoms with Gasteiger partial charge in [0.1, 0.15) is 5.54 Å². The number of anilines is 1. The Hall–Kier alpha value is -1.99. The Labute approximate surface area is 174 Å². The number of carbonyl (C=O) groups excluding carboxylic acids is 3. The Morgan fingerprint density at radius 1 is 1.25 bits per heavy atom. The molecule has 9 heteroatoms. The Kier molecular flexibility index (Phi) is 5.77. The molecule has 2 atom stereocenters. The minimum atomic E-state index is -1.03. The van der Waals surface area contributed by atoms with Crippen molar-refractivity contribution in [2.75, 3.05) is 24.5 Å². The van der Waals surface area contributed by atoms with Crippen molar-refractivity contribution in [1.29, 1.82) is 0 Å². The summed E-state index contributed by atoms with van der Waals surface area (Å²) in [5.74, 6) is -0.411. The fraction of sp³-hybridized carbons (Fsp3) is 0.526. The van der Waals surface area contributed by atoms with Gasteiger partial charge in [-0.25, -0.2) is 4.79 Å². The van der Waals surface area contributed by atoms with Gasteiger partial charge in [-0.05, 0) is 44.9 Å². The van der Waals surface area contributed by atoms with Crippen molar-refractivity contribution in [2.45, 2.75) is 45.2 Å². The maximum Gasteiger partial charge on any atom is 0.322 e. The summed E-state index contributed by atoms with van der Waals surface area (Å²) in [7, 11) is 0. The summed E-state index contributed by atoms with van der Waals surface area (Å²) >= 11 is 12.3. The molecular formula is C19H24Cl2N4O3. The lowest BCUT2D eigenvalue weighted by Gasteiger charge is -2.42. The number of benzene rings is 1. The Balaban J connectivity index is 1.61. The summed E-state index contributed by atoms with van der Waals surface area (Å²) in [5, 5.41) is 5.85. The maximum absolute atomic E-state index is 12.7. The van der Waals surface area contributed by atoms with Crippen molar-refractivity contribution in [2.24, 2.45) is 0 Å². The van der Waals surface area contributed by atoms with Gasteiger partial charge in [0.2, 0.25) is 5.91 Å². The fourth-order valence-corrected chi connectivity index (χ4v) is 4.13. The number of rotatable bonds is 4. The lowest BCUT2D eigenvalue weighted by molar-refractivity contribution is -0.132.